The van der Waals surface area contributed by atoms with E-state index in [4.69, 9.17) is 0 Å². The molecule has 1 aliphatic rings. The van der Waals surface area contributed by atoms with Gasteiger partial charge in [0.25, 0.3) is 0 Å². The van der Waals surface area contributed by atoms with Crippen LogP contribution in [0.25, 0.3) is 0 Å². The Labute approximate surface area is 126 Å². The third kappa shape index (κ3) is 7.58. The van der Waals surface area contributed by atoms with Crippen molar-refractivity contribution in [2.24, 2.45) is 0 Å². The van der Waals surface area contributed by atoms with Crippen LogP contribution >= 0.6 is 0 Å². The van der Waals surface area contributed by atoms with Crippen LogP contribution in [0, 0.1) is 0 Å². The minimum absolute atomic E-state index is 0.660. The summed E-state index contributed by atoms with van der Waals surface area (Å²) in [5.41, 5.74) is 0. The van der Waals surface area contributed by atoms with Crippen LogP contribution in [0.5, 0.6) is 0 Å². The number of nitrogens with zero attached hydrogens (tertiary/aromatic N) is 4. The molecule has 0 N–H and O–H groups in total. The normalized spacial score (nSPS) is 24.9. The highest BCUT2D eigenvalue weighted by Crippen LogP contribution is 2.03. The van der Waals surface area contributed by atoms with Gasteiger partial charge in [0.05, 0.1) is 0 Å². The molecule has 0 unspecified atom stereocenters. The fourth-order valence-corrected chi connectivity index (χ4v) is 2.76. The smallest absolute Gasteiger partial charge is 0.0112 e. The highest BCUT2D eigenvalue weighted by atomic mass is 15.2. The molecule has 0 saturated carbocycles. The summed E-state index contributed by atoms with van der Waals surface area (Å²) in [6.45, 7) is 14.3. The maximum Gasteiger partial charge on any atom is 0.0112 e. The van der Waals surface area contributed by atoms with E-state index in [2.05, 4.69) is 54.6 Å². The van der Waals surface area contributed by atoms with Gasteiger partial charge in [-0.3, -0.25) is 4.90 Å². The first-order valence-electron chi connectivity index (χ1n) is 8.28. The van der Waals surface area contributed by atoms with Gasteiger partial charge >= 0.3 is 0 Å². The summed E-state index contributed by atoms with van der Waals surface area (Å²) < 4.78 is 0. The molecular weight excluding hydrogens is 248 g/mol. The predicted molar refractivity (Wildman–Crippen MR) is 88.4 cm³/mol. The van der Waals surface area contributed by atoms with Gasteiger partial charge in [-0.15, -0.1) is 0 Å². The summed E-state index contributed by atoms with van der Waals surface area (Å²) in [5, 5.41) is 0. The molecule has 1 fully saturated rings. The van der Waals surface area contributed by atoms with E-state index >= 15 is 0 Å². The lowest BCUT2D eigenvalue weighted by atomic mass is 10.2. The molecule has 4 nitrogen and oxygen atoms in total. The van der Waals surface area contributed by atoms with Crippen LogP contribution in [0.15, 0.2) is 0 Å². The molecule has 1 saturated heterocycles. The molecule has 1 rings (SSSR count). The van der Waals surface area contributed by atoms with Crippen molar-refractivity contribution in [3.63, 3.8) is 0 Å². The molecule has 1 heterocycles. The molecule has 120 valence electrons. The second kappa shape index (κ2) is 9.72. The minimum Gasteiger partial charge on any atom is -0.305 e. The average Bonchev–Trinajstić information content (AvgIpc) is 2.39. The first-order valence-corrected chi connectivity index (χ1v) is 8.28. The maximum absolute atomic E-state index is 2.63. The summed E-state index contributed by atoms with van der Waals surface area (Å²) in [4.78, 5) is 10.1. The molecule has 0 spiro atoms. The summed E-state index contributed by atoms with van der Waals surface area (Å²) >= 11 is 0. The highest BCUT2D eigenvalue weighted by Gasteiger charge is 2.12. The molecule has 0 aromatic rings. The Bertz CT molecular complexity index is 245. The second-order valence-electron chi connectivity index (χ2n) is 6.75. The van der Waals surface area contributed by atoms with Gasteiger partial charge < -0.3 is 14.7 Å². The van der Waals surface area contributed by atoms with Crippen LogP contribution in [0.2, 0.25) is 0 Å². The van der Waals surface area contributed by atoms with Crippen LogP contribution in [-0.4, -0.2) is 99.1 Å². The molecule has 0 aliphatic carbocycles. The van der Waals surface area contributed by atoms with Crippen molar-refractivity contribution in [2.75, 3.05) is 73.5 Å². The topological polar surface area (TPSA) is 13.0 Å². The molecule has 1 aliphatic heterocycles. The summed E-state index contributed by atoms with van der Waals surface area (Å²) in [6.07, 6.45) is 2.56. The zero-order valence-corrected chi connectivity index (χ0v) is 14.4. The molecule has 0 atom stereocenters. The average molecular weight is 284 g/mol. The van der Waals surface area contributed by atoms with Gasteiger partial charge in [-0.1, -0.05) is 0 Å². The SMILES string of the molecule is CC(C)N1CCCN(C)CCN(C)CCCN(C)CC1. The third-order valence-electron chi connectivity index (χ3n) is 4.43. The number of hydrogen-bond acceptors (Lipinski definition) is 4. The lowest BCUT2D eigenvalue weighted by molar-refractivity contribution is 0.167. The molecule has 0 amide bonds. The summed E-state index contributed by atoms with van der Waals surface area (Å²) in [7, 11) is 6.77. The third-order valence-corrected chi connectivity index (χ3v) is 4.43. The van der Waals surface area contributed by atoms with Gasteiger partial charge in [0.1, 0.15) is 0 Å². The summed E-state index contributed by atoms with van der Waals surface area (Å²) in [5.74, 6) is 0. The van der Waals surface area contributed by atoms with Crippen LogP contribution in [-0.2, 0) is 0 Å². The number of likely N-dealkylation sites (N-methyl/N-ethyl adjacent to an activating group) is 3. The molecule has 4 heteroatoms. The van der Waals surface area contributed by atoms with E-state index in [-0.39, 0.29) is 0 Å². The van der Waals surface area contributed by atoms with E-state index in [1.54, 1.807) is 0 Å². The van der Waals surface area contributed by atoms with Crippen molar-refractivity contribution in [1.29, 1.82) is 0 Å². The van der Waals surface area contributed by atoms with E-state index in [1.807, 2.05) is 0 Å². The number of rotatable bonds is 1. The minimum atomic E-state index is 0.660. The molecule has 20 heavy (non-hydrogen) atoms. The first kappa shape index (κ1) is 17.9. The van der Waals surface area contributed by atoms with E-state index < -0.39 is 0 Å². The maximum atomic E-state index is 2.63. The largest absolute Gasteiger partial charge is 0.305 e. The van der Waals surface area contributed by atoms with Crippen molar-refractivity contribution in [3.05, 3.63) is 0 Å². The van der Waals surface area contributed by atoms with Gasteiger partial charge in [-0.2, -0.15) is 0 Å². The van der Waals surface area contributed by atoms with Crippen molar-refractivity contribution in [3.8, 4) is 0 Å². The molecule has 0 aromatic heterocycles. The van der Waals surface area contributed by atoms with Crippen molar-refractivity contribution < 1.29 is 0 Å². The Morgan fingerprint density at radius 2 is 0.950 bits per heavy atom. The predicted octanol–water partition coefficient (Wildman–Crippen LogP) is 1.29. The van der Waals surface area contributed by atoms with E-state index in [0.29, 0.717) is 6.04 Å². The second-order valence-corrected chi connectivity index (χ2v) is 6.75. The molecule has 0 radical (unpaired) electrons. The van der Waals surface area contributed by atoms with Gasteiger partial charge in [0, 0.05) is 32.2 Å². The molecule has 0 aromatic carbocycles. The number of hydrogen-bond donors (Lipinski definition) is 0. The van der Waals surface area contributed by atoms with Crippen molar-refractivity contribution in [1.82, 2.24) is 19.6 Å². The Balaban J connectivity index is 2.48. The molecular formula is C16H36N4. The van der Waals surface area contributed by atoms with Crippen molar-refractivity contribution in [2.45, 2.75) is 32.7 Å². The monoisotopic (exact) mass is 284 g/mol. The zero-order valence-electron chi connectivity index (χ0n) is 14.4. The first-order chi connectivity index (χ1) is 9.49. The van der Waals surface area contributed by atoms with Crippen molar-refractivity contribution >= 4 is 0 Å². The van der Waals surface area contributed by atoms with Crippen LogP contribution in [0.1, 0.15) is 26.7 Å². The van der Waals surface area contributed by atoms with Gasteiger partial charge in [-0.05, 0) is 74.0 Å². The van der Waals surface area contributed by atoms with Gasteiger partial charge in [0.15, 0.2) is 0 Å². The van der Waals surface area contributed by atoms with Crippen LogP contribution < -0.4 is 0 Å². The van der Waals surface area contributed by atoms with E-state index in [9.17, 15) is 0 Å². The van der Waals surface area contributed by atoms with E-state index in [1.165, 1.54) is 65.2 Å². The van der Waals surface area contributed by atoms with E-state index in [0.717, 1.165) is 0 Å². The highest BCUT2D eigenvalue weighted by molar-refractivity contribution is 4.68. The summed E-state index contributed by atoms with van der Waals surface area (Å²) in [6, 6.07) is 0.660. The standard InChI is InChI=1S/C16H36N4/c1-16(2)20-11-7-10-18(4)13-12-17(3)8-6-9-19(5)14-15-20/h16H,6-15H2,1-5H3. The lowest BCUT2D eigenvalue weighted by Crippen LogP contribution is -2.41. The lowest BCUT2D eigenvalue weighted by Gasteiger charge is -2.30. The Hall–Kier alpha value is -0.160. The Morgan fingerprint density at radius 3 is 1.40 bits per heavy atom. The van der Waals surface area contributed by atoms with Gasteiger partial charge in [0.2, 0.25) is 0 Å². The fourth-order valence-electron chi connectivity index (χ4n) is 2.76. The Morgan fingerprint density at radius 1 is 0.550 bits per heavy atom. The zero-order chi connectivity index (χ0) is 15.0. The molecule has 0 bridgehead atoms. The Kier molecular flexibility index (Phi) is 8.69. The van der Waals surface area contributed by atoms with Gasteiger partial charge in [-0.25, -0.2) is 0 Å². The quantitative estimate of drug-likeness (QED) is 0.719. The van der Waals surface area contributed by atoms with Crippen LogP contribution in [0.4, 0.5) is 0 Å². The fraction of sp³-hybridized carbons (Fsp3) is 1.00. The van der Waals surface area contributed by atoms with Crippen LogP contribution in [0.3, 0.4) is 0 Å².